The topological polar surface area (TPSA) is 72.0 Å². The summed E-state index contributed by atoms with van der Waals surface area (Å²) in [7, 11) is 0. The Kier molecular flexibility index (Phi) is 6.05. The van der Waals surface area contributed by atoms with E-state index in [1.165, 1.54) is 11.3 Å². The van der Waals surface area contributed by atoms with Crippen LogP contribution in [0.4, 0.5) is 5.13 Å². The molecule has 2 aromatic heterocycles. The average Bonchev–Trinajstić information content (AvgIpc) is 3.30. The summed E-state index contributed by atoms with van der Waals surface area (Å²) in [5.41, 5.74) is 3.82. The van der Waals surface area contributed by atoms with Crippen LogP contribution in [0.15, 0.2) is 103 Å². The Hall–Kier alpha value is -4.42. The van der Waals surface area contributed by atoms with Crippen molar-refractivity contribution in [1.82, 2.24) is 9.97 Å². The molecule has 0 atom stereocenters. The second-order valence-corrected chi connectivity index (χ2v) is 8.56. The molecule has 0 aliphatic heterocycles. The van der Waals surface area contributed by atoms with Crippen LogP contribution in [0.5, 0.6) is 0 Å². The van der Waals surface area contributed by atoms with Gasteiger partial charge in [-0.3, -0.25) is 19.9 Å². The molecular weight excluding hydrogens is 442 g/mol. The highest BCUT2D eigenvalue weighted by Gasteiger charge is 2.16. The van der Waals surface area contributed by atoms with Crippen molar-refractivity contribution in [3.05, 3.63) is 126 Å². The van der Waals surface area contributed by atoms with E-state index in [0.717, 1.165) is 15.8 Å². The summed E-state index contributed by atoms with van der Waals surface area (Å²) < 4.78 is 1.02. The summed E-state index contributed by atoms with van der Waals surface area (Å²) in [5, 5.41) is 3.42. The highest BCUT2D eigenvalue weighted by Crippen LogP contribution is 2.26. The maximum absolute atomic E-state index is 13.2. The number of thiazole rings is 1. The molecule has 5 nitrogen and oxygen atoms in total. The van der Waals surface area contributed by atoms with Gasteiger partial charge in [-0.15, -0.1) is 0 Å². The molecule has 0 aliphatic rings. The Bertz CT molecular complexity index is 1460. The van der Waals surface area contributed by atoms with Gasteiger partial charge >= 0.3 is 0 Å². The lowest BCUT2D eigenvalue weighted by Gasteiger charge is -2.08. The predicted octanol–water partition coefficient (Wildman–Crippen LogP) is 6.37. The summed E-state index contributed by atoms with van der Waals surface area (Å²) in [4.78, 5) is 34.8. The SMILES string of the molecule is O=C(Nc1nc2ccccc2s1)c1ccc(C=C(C(=O)c2ccccc2)c2ccccn2)cc1. The van der Waals surface area contributed by atoms with E-state index < -0.39 is 0 Å². The zero-order chi connectivity index (χ0) is 23.3. The minimum Gasteiger partial charge on any atom is -0.298 e. The number of pyridine rings is 1. The van der Waals surface area contributed by atoms with Crippen LogP contribution in [-0.4, -0.2) is 21.7 Å². The zero-order valence-electron chi connectivity index (χ0n) is 18.0. The molecule has 0 radical (unpaired) electrons. The number of nitrogens with zero attached hydrogens (tertiary/aromatic N) is 2. The molecule has 6 heteroatoms. The van der Waals surface area contributed by atoms with Crippen LogP contribution in [0.1, 0.15) is 32.0 Å². The monoisotopic (exact) mass is 461 g/mol. The fraction of sp³-hybridized carbons (Fsp3) is 0. The first-order valence-corrected chi connectivity index (χ1v) is 11.5. The molecule has 0 saturated carbocycles. The van der Waals surface area contributed by atoms with Crippen molar-refractivity contribution in [2.24, 2.45) is 0 Å². The number of aromatic nitrogens is 2. The normalized spacial score (nSPS) is 11.4. The molecule has 1 N–H and O–H groups in total. The molecular formula is C28H19N3O2S. The standard InChI is InChI=1S/C28H19N3O2S/c32-26(20-8-2-1-3-9-20)22(23-10-6-7-17-29-23)18-19-13-15-21(16-14-19)27(33)31-28-30-24-11-4-5-12-25(24)34-28/h1-18H,(H,30,31,33). The third kappa shape index (κ3) is 4.67. The molecule has 3 aromatic carbocycles. The van der Waals surface area contributed by atoms with Crippen molar-refractivity contribution < 1.29 is 9.59 Å². The number of anilines is 1. The van der Waals surface area contributed by atoms with Gasteiger partial charge in [-0.2, -0.15) is 0 Å². The fourth-order valence-electron chi connectivity index (χ4n) is 3.52. The highest BCUT2D eigenvalue weighted by molar-refractivity contribution is 7.22. The van der Waals surface area contributed by atoms with Gasteiger partial charge in [0.05, 0.1) is 15.9 Å². The number of benzene rings is 3. The van der Waals surface area contributed by atoms with E-state index in [0.29, 0.717) is 27.5 Å². The minimum absolute atomic E-state index is 0.114. The maximum Gasteiger partial charge on any atom is 0.257 e. The number of allylic oxidation sites excluding steroid dienone is 1. The lowest BCUT2D eigenvalue weighted by atomic mass is 9.97. The molecule has 1 amide bonds. The Morgan fingerprint density at radius 1 is 0.765 bits per heavy atom. The number of para-hydroxylation sites is 1. The van der Waals surface area contributed by atoms with Gasteiger partial charge in [0, 0.05) is 22.9 Å². The molecule has 0 bridgehead atoms. The molecule has 0 fully saturated rings. The van der Waals surface area contributed by atoms with Gasteiger partial charge in [-0.1, -0.05) is 72.0 Å². The average molecular weight is 462 g/mol. The number of rotatable bonds is 6. The number of hydrogen-bond donors (Lipinski definition) is 1. The fourth-order valence-corrected chi connectivity index (χ4v) is 4.38. The van der Waals surface area contributed by atoms with Gasteiger partial charge in [0.25, 0.3) is 5.91 Å². The summed E-state index contributed by atoms with van der Waals surface area (Å²) in [6.07, 6.45) is 3.46. The van der Waals surface area contributed by atoms with Crippen molar-refractivity contribution in [2.45, 2.75) is 0 Å². The Balaban J connectivity index is 1.40. The highest BCUT2D eigenvalue weighted by atomic mass is 32.1. The zero-order valence-corrected chi connectivity index (χ0v) is 18.8. The van der Waals surface area contributed by atoms with Crippen molar-refractivity contribution in [2.75, 3.05) is 5.32 Å². The van der Waals surface area contributed by atoms with Crippen LogP contribution in [-0.2, 0) is 0 Å². The molecule has 5 aromatic rings. The summed E-state index contributed by atoms with van der Waals surface area (Å²) in [6, 6.07) is 29.4. The number of carbonyl (C=O) groups is 2. The summed E-state index contributed by atoms with van der Waals surface area (Å²) in [6.45, 7) is 0. The largest absolute Gasteiger partial charge is 0.298 e. The van der Waals surface area contributed by atoms with Crippen LogP contribution in [0, 0.1) is 0 Å². The second kappa shape index (κ2) is 9.60. The number of carbonyl (C=O) groups excluding carboxylic acids is 2. The smallest absolute Gasteiger partial charge is 0.257 e. The number of nitrogens with one attached hydrogen (secondary N) is 1. The molecule has 2 heterocycles. The van der Waals surface area contributed by atoms with E-state index in [1.807, 2.05) is 72.8 Å². The maximum atomic E-state index is 13.2. The Morgan fingerprint density at radius 2 is 1.50 bits per heavy atom. The van der Waals surface area contributed by atoms with E-state index in [-0.39, 0.29) is 11.7 Å². The van der Waals surface area contributed by atoms with Crippen molar-refractivity contribution >= 4 is 50.0 Å². The third-order valence-electron chi connectivity index (χ3n) is 5.22. The van der Waals surface area contributed by atoms with Gasteiger partial charge in [0.1, 0.15) is 0 Å². The molecule has 164 valence electrons. The van der Waals surface area contributed by atoms with Crippen molar-refractivity contribution in [3.8, 4) is 0 Å². The van der Waals surface area contributed by atoms with Gasteiger partial charge in [-0.05, 0) is 48.0 Å². The van der Waals surface area contributed by atoms with Crippen LogP contribution in [0.3, 0.4) is 0 Å². The van der Waals surface area contributed by atoms with E-state index in [4.69, 9.17) is 0 Å². The number of Topliss-reactive ketones (excluding diaryl/α,β-unsaturated/α-hetero) is 1. The van der Waals surface area contributed by atoms with Crippen molar-refractivity contribution in [3.63, 3.8) is 0 Å². The lowest BCUT2D eigenvalue weighted by molar-refractivity contribution is 0.102. The molecule has 0 aliphatic carbocycles. The first-order chi connectivity index (χ1) is 16.7. The predicted molar refractivity (Wildman–Crippen MR) is 137 cm³/mol. The van der Waals surface area contributed by atoms with Gasteiger partial charge < -0.3 is 0 Å². The summed E-state index contributed by atoms with van der Waals surface area (Å²) >= 11 is 1.43. The Labute approximate surface area is 200 Å². The van der Waals surface area contributed by atoms with Crippen molar-refractivity contribution in [1.29, 1.82) is 0 Å². The van der Waals surface area contributed by atoms with E-state index >= 15 is 0 Å². The van der Waals surface area contributed by atoms with Crippen LogP contribution < -0.4 is 5.32 Å². The molecule has 5 rings (SSSR count). The number of ketones is 1. The third-order valence-corrected chi connectivity index (χ3v) is 6.17. The first-order valence-electron chi connectivity index (χ1n) is 10.7. The molecule has 0 spiro atoms. The van der Waals surface area contributed by atoms with Gasteiger partial charge in [-0.25, -0.2) is 4.98 Å². The number of amides is 1. The van der Waals surface area contributed by atoms with Gasteiger partial charge in [0.15, 0.2) is 10.9 Å². The minimum atomic E-state index is -0.236. The van der Waals surface area contributed by atoms with Crippen LogP contribution in [0.2, 0.25) is 0 Å². The quantitative estimate of drug-likeness (QED) is 0.236. The number of hydrogen-bond acceptors (Lipinski definition) is 5. The second-order valence-electron chi connectivity index (χ2n) is 7.53. The molecule has 0 saturated heterocycles. The van der Waals surface area contributed by atoms with Crippen LogP contribution >= 0.6 is 11.3 Å². The Morgan fingerprint density at radius 3 is 2.24 bits per heavy atom. The number of fused-ring (bicyclic) bond motifs is 1. The first kappa shape index (κ1) is 21.4. The summed E-state index contributed by atoms with van der Waals surface area (Å²) in [5.74, 6) is -0.350. The molecule has 0 unspecified atom stereocenters. The van der Waals surface area contributed by atoms with E-state index in [2.05, 4.69) is 15.3 Å². The lowest BCUT2D eigenvalue weighted by Crippen LogP contribution is -2.11. The van der Waals surface area contributed by atoms with E-state index in [1.54, 1.807) is 36.5 Å². The van der Waals surface area contributed by atoms with Gasteiger partial charge in [0.2, 0.25) is 0 Å². The molecule has 34 heavy (non-hydrogen) atoms. The van der Waals surface area contributed by atoms with Crippen LogP contribution in [0.25, 0.3) is 21.9 Å². The van der Waals surface area contributed by atoms with E-state index in [9.17, 15) is 9.59 Å².